The van der Waals surface area contributed by atoms with Gasteiger partial charge in [0.1, 0.15) is 5.82 Å². The fourth-order valence-corrected chi connectivity index (χ4v) is 1.70. The minimum atomic E-state index is -0.403. The van der Waals surface area contributed by atoms with Gasteiger partial charge in [-0.05, 0) is 23.7 Å². The van der Waals surface area contributed by atoms with Crippen molar-refractivity contribution in [2.24, 2.45) is 5.11 Å². The standard InChI is InChI=1S/C10H11FN4O/c11-8-1-2-10(9(7-8)13-14-12)15-3-5-16-6-4-15/h1-2,7H,3-6H2. The number of ether oxygens (including phenoxy) is 1. The molecule has 0 N–H and O–H groups in total. The molecule has 0 atom stereocenters. The highest BCUT2D eigenvalue weighted by atomic mass is 19.1. The molecule has 0 aromatic heterocycles. The van der Waals surface area contributed by atoms with Crippen molar-refractivity contribution in [3.05, 3.63) is 34.5 Å². The van der Waals surface area contributed by atoms with Crippen molar-refractivity contribution >= 4 is 11.4 Å². The Kier molecular flexibility index (Phi) is 3.24. The molecule has 1 aromatic carbocycles. The number of morpholine rings is 1. The zero-order chi connectivity index (χ0) is 11.4. The third-order valence-corrected chi connectivity index (χ3v) is 2.44. The van der Waals surface area contributed by atoms with E-state index in [1.807, 2.05) is 4.90 Å². The molecule has 0 unspecified atom stereocenters. The Hall–Kier alpha value is -1.78. The van der Waals surface area contributed by atoms with Gasteiger partial charge in [0.25, 0.3) is 0 Å². The summed E-state index contributed by atoms with van der Waals surface area (Å²) in [6, 6.07) is 4.23. The molecule has 1 heterocycles. The number of benzene rings is 1. The van der Waals surface area contributed by atoms with Crippen LogP contribution in [-0.2, 0) is 4.74 Å². The molecule has 2 rings (SSSR count). The second-order valence-electron chi connectivity index (χ2n) is 3.42. The summed E-state index contributed by atoms with van der Waals surface area (Å²) in [7, 11) is 0. The van der Waals surface area contributed by atoms with E-state index < -0.39 is 5.82 Å². The van der Waals surface area contributed by atoms with Crippen molar-refractivity contribution in [2.75, 3.05) is 31.2 Å². The molecule has 1 aliphatic heterocycles. The molecule has 16 heavy (non-hydrogen) atoms. The monoisotopic (exact) mass is 222 g/mol. The minimum absolute atomic E-state index is 0.324. The van der Waals surface area contributed by atoms with E-state index in [4.69, 9.17) is 10.3 Å². The summed E-state index contributed by atoms with van der Waals surface area (Å²) in [5.41, 5.74) is 9.50. The van der Waals surface area contributed by atoms with Crippen molar-refractivity contribution in [1.29, 1.82) is 0 Å². The predicted molar refractivity (Wildman–Crippen MR) is 58.2 cm³/mol. The van der Waals surface area contributed by atoms with Crippen LogP contribution in [0.5, 0.6) is 0 Å². The molecule has 0 bridgehead atoms. The topological polar surface area (TPSA) is 61.2 Å². The van der Waals surface area contributed by atoms with Gasteiger partial charge >= 0.3 is 0 Å². The summed E-state index contributed by atoms with van der Waals surface area (Å²) in [5.74, 6) is -0.403. The van der Waals surface area contributed by atoms with Gasteiger partial charge in [-0.3, -0.25) is 0 Å². The molecule has 0 radical (unpaired) electrons. The Morgan fingerprint density at radius 1 is 1.38 bits per heavy atom. The lowest BCUT2D eigenvalue weighted by Gasteiger charge is -2.29. The predicted octanol–water partition coefficient (Wildman–Crippen LogP) is 2.60. The number of nitrogens with zero attached hydrogens (tertiary/aromatic N) is 4. The molecule has 0 saturated carbocycles. The quantitative estimate of drug-likeness (QED) is 0.438. The van der Waals surface area contributed by atoms with Crippen LogP contribution in [0.3, 0.4) is 0 Å². The largest absolute Gasteiger partial charge is 0.378 e. The van der Waals surface area contributed by atoms with Gasteiger partial charge in [-0.1, -0.05) is 5.11 Å². The maximum Gasteiger partial charge on any atom is 0.123 e. The first-order valence-electron chi connectivity index (χ1n) is 4.98. The third kappa shape index (κ3) is 2.24. The van der Waals surface area contributed by atoms with Crippen LogP contribution in [0.2, 0.25) is 0 Å². The first kappa shape index (κ1) is 10.7. The lowest BCUT2D eigenvalue weighted by Crippen LogP contribution is -2.36. The van der Waals surface area contributed by atoms with Gasteiger partial charge in [0.05, 0.1) is 18.9 Å². The van der Waals surface area contributed by atoms with Gasteiger partial charge in [0, 0.05) is 23.7 Å². The number of hydrogen-bond acceptors (Lipinski definition) is 3. The van der Waals surface area contributed by atoms with Crippen LogP contribution in [0, 0.1) is 5.82 Å². The molecule has 0 aliphatic carbocycles. The fraction of sp³-hybridized carbons (Fsp3) is 0.400. The maximum absolute atomic E-state index is 13.0. The summed E-state index contributed by atoms with van der Waals surface area (Å²) < 4.78 is 18.2. The lowest BCUT2D eigenvalue weighted by atomic mass is 10.2. The second kappa shape index (κ2) is 4.83. The van der Waals surface area contributed by atoms with E-state index in [0.717, 1.165) is 18.8 Å². The summed E-state index contributed by atoms with van der Waals surface area (Å²) in [4.78, 5) is 4.72. The van der Waals surface area contributed by atoms with Crippen molar-refractivity contribution < 1.29 is 9.13 Å². The first-order chi connectivity index (χ1) is 7.81. The average Bonchev–Trinajstić information content (AvgIpc) is 2.31. The van der Waals surface area contributed by atoms with Crippen LogP contribution in [0.15, 0.2) is 23.3 Å². The normalized spacial score (nSPS) is 15.7. The molecule has 6 heteroatoms. The molecule has 1 fully saturated rings. The number of hydrogen-bond donors (Lipinski definition) is 0. The van der Waals surface area contributed by atoms with Crippen LogP contribution in [0.25, 0.3) is 10.4 Å². The Morgan fingerprint density at radius 2 is 2.12 bits per heavy atom. The van der Waals surface area contributed by atoms with Crippen molar-refractivity contribution in [3.63, 3.8) is 0 Å². The SMILES string of the molecule is [N-]=[N+]=Nc1cc(F)ccc1N1CCOCC1. The number of halogens is 1. The number of azide groups is 1. The summed E-state index contributed by atoms with van der Waals surface area (Å²) in [5, 5.41) is 3.50. The molecule has 5 nitrogen and oxygen atoms in total. The highest BCUT2D eigenvalue weighted by molar-refractivity contribution is 5.67. The van der Waals surface area contributed by atoms with E-state index in [1.165, 1.54) is 12.1 Å². The van der Waals surface area contributed by atoms with Gasteiger partial charge in [-0.2, -0.15) is 0 Å². The summed E-state index contributed by atoms with van der Waals surface area (Å²) in [6.45, 7) is 2.71. The Labute approximate surface area is 92.1 Å². The molecule has 1 saturated heterocycles. The van der Waals surface area contributed by atoms with E-state index in [9.17, 15) is 4.39 Å². The maximum atomic E-state index is 13.0. The van der Waals surface area contributed by atoms with Gasteiger partial charge in [0.2, 0.25) is 0 Å². The van der Waals surface area contributed by atoms with Crippen molar-refractivity contribution in [3.8, 4) is 0 Å². The van der Waals surface area contributed by atoms with Crippen LogP contribution >= 0.6 is 0 Å². The minimum Gasteiger partial charge on any atom is -0.378 e. The molecular weight excluding hydrogens is 211 g/mol. The van der Waals surface area contributed by atoms with E-state index in [1.54, 1.807) is 6.07 Å². The Morgan fingerprint density at radius 3 is 2.81 bits per heavy atom. The van der Waals surface area contributed by atoms with Crippen LogP contribution in [0.4, 0.5) is 15.8 Å². The third-order valence-electron chi connectivity index (χ3n) is 2.44. The van der Waals surface area contributed by atoms with Gasteiger partial charge in [-0.25, -0.2) is 4.39 Å². The molecular formula is C10H11FN4O. The molecule has 1 aliphatic rings. The molecule has 1 aromatic rings. The zero-order valence-corrected chi connectivity index (χ0v) is 8.64. The van der Waals surface area contributed by atoms with E-state index in [-0.39, 0.29) is 0 Å². The van der Waals surface area contributed by atoms with Gasteiger partial charge < -0.3 is 9.64 Å². The average molecular weight is 222 g/mol. The van der Waals surface area contributed by atoms with Crippen LogP contribution in [0.1, 0.15) is 0 Å². The fourth-order valence-electron chi connectivity index (χ4n) is 1.70. The van der Waals surface area contributed by atoms with Crippen molar-refractivity contribution in [2.45, 2.75) is 0 Å². The zero-order valence-electron chi connectivity index (χ0n) is 8.64. The lowest BCUT2D eigenvalue weighted by molar-refractivity contribution is 0.123. The van der Waals surface area contributed by atoms with Crippen LogP contribution < -0.4 is 4.90 Å². The smallest absolute Gasteiger partial charge is 0.123 e. The summed E-state index contributed by atoms with van der Waals surface area (Å²) >= 11 is 0. The number of anilines is 1. The van der Waals surface area contributed by atoms with Crippen molar-refractivity contribution in [1.82, 2.24) is 0 Å². The Bertz CT molecular complexity index is 425. The van der Waals surface area contributed by atoms with E-state index >= 15 is 0 Å². The first-order valence-corrected chi connectivity index (χ1v) is 4.98. The summed E-state index contributed by atoms with van der Waals surface area (Å²) in [6.07, 6.45) is 0. The Balaban J connectivity index is 2.34. The highest BCUT2D eigenvalue weighted by Gasteiger charge is 2.14. The molecule has 0 spiro atoms. The van der Waals surface area contributed by atoms with Gasteiger partial charge in [-0.15, -0.1) is 0 Å². The molecule has 0 amide bonds. The van der Waals surface area contributed by atoms with Gasteiger partial charge in [0.15, 0.2) is 0 Å². The van der Waals surface area contributed by atoms with E-state index in [2.05, 4.69) is 10.0 Å². The van der Waals surface area contributed by atoms with Crippen LogP contribution in [-0.4, -0.2) is 26.3 Å². The second-order valence-corrected chi connectivity index (χ2v) is 3.42. The molecule has 84 valence electrons. The van der Waals surface area contributed by atoms with E-state index in [0.29, 0.717) is 18.9 Å². The highest BCUT2D eigenvalue weighted by Crippen LogP contribution is 2.30. The number of rotatable bonds is 2.